The molecule has 0 aliphatic carbocycles. The molecule has 0 bridgehead atoms. The molecule has 0 atom stereocenters. The molecule has 0 radical (unpaired) electrons. The van der Waals surface area contributed by atoms with E-state index < -0.39 is 0 Å². The maximum absolute atomic E-state index is 12.7. The molecular formula is C22H21N5OS. The molecule has 1 amide bonds. The third-order valence-corrected chi connectivity index (χ3v) is 5.12. The molecule has 4 aromatic rings. The van der Waals surface area contributed by atoms with Crippen molar-refractivity contribution in [1.29, 1.82) is 0 Å². The summed E-state index contributed by atoms with van der Waals surface area (Å²) in [5, 5.41) is 3.55. The first-order chi connectivity index (χ1) is 14.1. The molecule has 0 spiro atoms. The van der Waals surface area contributed by atoms with Crippen LogP contribution in [0.15, 0.2) is 65.8 Å². The lowest BCUT2D eigenvalue weighted by Crippen LogP contribution is -2.26. The fourth-order valence-electron chi connectivity index (χ4n) is 3.20. The third-order valence-electron chi connectivity index (χ3n) is 4.57. The third kappa shape index (κ3) is 4.30. The van der Waals surface area contributed by atoms with Crippen molar-refractivity contribution in [3.05, 3.63) is 83.4 Å². The molecule has 0 unspecified atom stereocenters. The van der Waals surface area contributed by atoms with Gasteiger partial charge in [-0.3, -0.25) is 4.79 Å². The van der Waals surface area contributed by atoms with Gasteiger partial charge in [-0.25, -0.2) is 15.0 Å². The van der Waals surface area contributed by atoms with Crippen molar-refractivity contribution >= 4 is 28.7 Å². The predicted molar refractivity (Wildman–Crippen MR) is 115 cm³/mol. The van der Waals surface area contributed by atoms with Gasteiger partial charge >= 0.3 is 0 Å². The Morgan fingerprint density at radius 3 is 2.59 bits per heavy atom. The van der Waals surface area contributed by atoms with E-state index in [1.54, 1.807) is 6.07 Å². The number of hydrogen-bond acceptors (Lipinski definition) is 5. The molecule has 4 rings (SSSR count). The van der Waals surface area contributed by atoms with Crippen molar-refractivity contribution < 1.29 is 4.79 Å². The topological polar surface area (TPSA) is 72.7 Å². The van der Waals surface area contributed by atoms with E-state index in [1.807, 2.05) is 49.6 Å². The second kappa shape index (κ2) is 8.45. The predicted octanol–water partition coefficient (Wildman–Crippen LogP) is 3.83. The van der Waals surface area contributed by atoms with Crippen LogP contribution in [0.25, 0.3) is 11.0 Å². The van der Waals surface area contributed by atoms with E-state index in [1.165, 1.54) is 17.3 Å². The largest absolute Gasteiger partial charge is 0.343 e. The number of hydrogen-bond donors (Lipinski definition) is 1. The van der Waals surface area contributed by atoms with E-state index in [-0.39, 0.29) is 5.91 Å². The lowest BCUT2D eigenvalue weighted by molar-refractivity contribution is 0.0943. The number of rotatable bonds is 6. The molecule has 0 fully saturated rings. The van der Waals surface area contributed by atoms with Crippen LogP contribution in [-0.2, 0) is 13.1 Å². The van der Waals surface area contributed by atoms with E-state index in [0.29, 0.717) is 23.9 Å². The Bertz CT molecular complexity index is 1160. The second-order valence-corrected chi connectivity index (χ2v) is 7.43. The maximum Gasteiger partial charge on any atom is 0.270 e. The quantitative estimate of drug-likeness (QED) is 0.391. The number of para-hydroxylation sites is 2. The highest BCUT2D eigenvalue weighted by molar-refractivity contribution is 7.98. The Labute approximate surface area is 173 Å². The molecule has 0 saturated heterocycles. The van der Waals surface area contributed by atoms with Crippen LogP contribution >= 0.6 is 11.8 Å². The Hall–Kier alpha value is -3.19. The van der Waals surface area contributed by atoms with Crippen molar-refractivity contribution in [2.45, 2.75) is 25.2 Å². The van der Waals surface area contributed by atoms with Gasteiger partial charge in [0.05, 0.1) is 17.6 Å². The smallest absolute Gasteiger partial charge is 0.270 e. The molecule has 146 valence electrons. The number of aromatic nitrogens is 4. The standard InChI is InChI=1S/C22H21N5OS/c1-15-12-18(26-22(24-15)29-2)21(28)23-13-20-25-17-10-6-7-11-19(17)27(20)14-16-8-4-3-5-9-16/h3-12H,13-14H2,1-2H3,(H,23,28). The number of nitrogens with one attached hydrogen (secondary N) is 1. The van der Waals surface area contributed by atoms with Gasteiger partial charge in [0.15, 0.2) is 5.16 Å². The van der Waals surface area contributed by atoms with Crippen LogP contribution < -0.4 is 5.32 Å². The van der Waals surface area contributed by atoms with Gasteiger partial charge in [-0.1, -0.05) is 54.2 Å². The summed E-state index contributed by atoms with van der Waals surface area (Å²) in [6, 6.07) is 19.9. The lowest BCUT2D eigenvalue weighted by atomic mass is 10.2. The Morgan fingerprint density at radius 1 is 1.03 bits per heavy atom. The SMILES string of the molecule is CSc1nc(C)cc(C(=O)NCc2nc3ccccc3n2Cc2ccccc2)n1. The molecule has 2 heterocycles. The fourth-order valence-corrected chi connectivity index (χ4v) is 3.63. The molecule has 2 aromatic carbocycles. The van der Waals surface area contributed by atoms with Crippen molar-refractivity contribution in [1.82, 2.24) is 24.8 Å². The van der Waals surface area contributed by atoms with Gasteiger partial charge in [0.25, 0.3) is 5.91 Å². The summed E-state index contributed by atoms with van der Waals surface area (Å²) in [5.41, 5.74) is 4.27. The molecule has 0 saturated carbocycles. The first-order valence-electron chi connectivity index (χ1n) is 9.30. The number of imidazole rings is 1. The van der Waals surface area contributed by atoms with Gasteiger partial charge < -0.3 is 9.88 Å². The maximum atomic E-state index is 12.7. The summed E-state index contributed by atoms with van der Waals surface area (Å²) in [7, 11) is 0. The van der Waals surface area contributed by atoms with E-state index in [9.17, 15) is 4.79 Å². The minimum Gasteiger partial charge on any atom is -0.343 e. The zero-order valence-corrected chi connectivity index (χ0v) is 17.1. The van der Waals surface area contributed by atoms with Crippen LogP contribution in [0.1, 0.15) is 27.6 Å². The summed E-state index contributed by atoms with van der Waals surface area (Å²) >= 11 is 1.42. The summed E-state index contributed by atoms with van der Waals surface area (Å²) in [6.07, 6.45) is 1.89. The van der Waals surface area contributed by atoms with Gasteiger partial charge in [0.1, 0.15) is 11.5 Å². The molecule has 0 aliphatic rings. The van der Waals surface area contributed by atoms with E-state index in [2.05, 4.69) is 38.1 Å². The zero-order chi connectivity index (χ0) is 20.2. The average molecular weight is 404 g/mol. The lowest BCUT2D eigenvalue weighted by Gasteiger charge is -2.11. The molecule has 7 heteroatoms. The fraction of sp³-hybridized carbons (Fsp3) is 0.182. The number of carbonyl (C=O) groups excluding carboxylic acids is 1. The van der Waals surface area contributed by atoms with Crippen LogP contribution in [0.2, 0.25) is 0 Å². The zero-order valence-electron chi connectivity index (χ0n) is 16.3. The van der Waals surface area contributed by atoms with Crippen LogP contribution in [-0.4, -0.2) is 31.7 Å². The summed E-state index contributed by atoms with van der Waals surface area (Å²) in [6.45, 7) is 2.87. The molecular weight excluding hydrogens is 382 g/mol. The second-order valence-electron chi connectivity index (χ2n) is 6.65. The normalized spacial score (nSPS) is 11.0. The molecule has 29 heavy (non-hydrogen) atoms. The molecule has 1 N–H and O–H groups in total. The highest BCUT2D eigenvalue weighted by atomic mass is 32.2. The minimum absolute atomic E-state index is 0.232. The van der Waals surface area contributed by atoms with Crippen molar-refractivity contribution in [2.75, 3.05) is 6.26 Å². The van der Waals surface area contributed by atoms with Crippen LogP contribution in [0.3, 0.4) is 0 Å². The van der Waals surface area contributed by atoms with Crippen molar-refractivity contribution in [3.8, 4) is 0 Å². The Balaban J connectivity index is 1.60. The number of carbonyl (C=O) groups is 1. The first-order valence-corrected chi connectivity index (χ1v) is 10.5. The summed E-state index contributed by atoms with van der Waals surface area (Å²) in [4.78, 5) is 26.0. The van der Waals surface area contributed by atoms with Gasteiger partial charge in [-0.05, 0) is 36.9 Å². The van der Waals surface area contributed by atoms with E-state index in [4.69, 9.17) is 4.98 Å². The number of aryl methyl sites for hydroxylation is 1. The number of fused-ring (bicyclic) bond motifs is 1. The number of amides is 1. The summed E-state index contributed by atoms with van der Waals surface area (Å²) < 4.78 is 2.14. The minimum atomic E-state index is -0.232. The highest BCUT2D eigenvalue weighted by Gasteiger charge is 2.14. The van der Waals surface area contributed by atoms with E-state index in [0.717, 1.165) is 22.6 Å². The van der Waals surface area contributed by atoms with Gasteiger partial charge in [0.2, 0.25) is 0 Å². The van der Waals surface area contributed by atoms with E-state index >= 15 is 0 Å². The molecule has 6 nitrogen and oxygen atoms in total. The van der Waals surface area contributed by atoms with Crippen molar-refractivity contribution in [2.24, 2.45) is 0 Å². The van der Waals surface area contributed by atoms with Gasteiger partial charge in [-0.2, -0.15) is 0 Å². The molecule has 0 aliphatic heterocycles. The number of nitrogens with zero attached hydrogens (tertiary/aromatic N) is 4. The first kappa shape index (κ1) is 19.1. The van der Waals surface area contributed by atoms with Crippen LogP contribution in [0.4, 0.5) is 0 Å². The Morgan fingerprint density at radius 2 is 1.79 bits per heavy atom. The monoisotopic (exact) mass is 403 g/mol. The number of benzene rings is 2. The average Bonchev–Trinajstić information content (AvgIpc) is 3.09. The highest BCUT2D eigenvalue weighted by Crippen LogP contribution is 2.18. The summed E-state index contributed by atoms with van der Waals surface area (Å²) in [5.74, 6) is 0.573. The van der Waals surface area contributed by atoms with Crippen LogP contribution in [0, 0.1) is 6.92 Å². The Kier molecular flexibility index (Phi) is 5.57. The van der Waals surface area contributed by atoms with Crippen molar-refractivity contribution in [3.63, 3.8) is 0 Å². The van der Waals surface area contributed by atoms with Gasteiger partial charge in [-0.15, -0.1) is 0 Å². The van der Waals surface area contributed by atoms with Crippen LogP contribution in [0.5, 0.6) is 0 Å². The molecule has 2 aromatic heterocycles. The number of thioether (sulfide) groups is 1. The van der Waals surface area contributed by atoms with Gasteiger partial charge in [0, 0.05) is 12.2 Å².